The molecule has 0 fully saturated rings. The predicted octanol–water partition coefficient (Wildman–Crippen LogP) is 2.98. The highest BCUT2D eigenvalue weighted by Gasteiger charge is 2.36. The maximum absolute atomic E-state index is 12.7. The Morgan fingerprint density at radius 2 is 2.04 bits per heavy atom. The van der Waals surface area contributed by atoms with Crippen LogP contribution in [0.1, 0.15) is 28.5 Å². The summed E-state index contributed by atoms with van der Waals surface area (Å²) in [6, 6.07) is 11.2. The minimum atomic E-state index is -0.599. The van der Waals surface area contributed by atoms with Crippen LogP contribution in [0.5, 0.6) is 0 Å². The van der Waals surface area contributed by atoms with Gasteiger partial charge in [0.2, 0.25) is 5.91 Å². The molecule has 2 aromatic rings. The van der Waals surface area contributed by atoms with Crippen LogP contribution in [0.4, 0.5) is 0 Å². The van der Waals surface area contributed by atoms with E-state index >= 15 is 0 Å². The number of carbonyl (C=O) groups excluding carboxylic acids is 2. The Morgan fingerprint density at radius 1 is 1.26 bits per heavy atom. The van der Waals surface area contributed by atoms with E-state index in [1.165, 1.54) is 12.0 Å². The fourth-order valence-electron chi connectivity index (χ4n) is 2.99. The number of fused-ring (bicyclic) bond motifs is 1. The molecule has 0 bridgehead atoms. The SMILES string of the molecule is COC(=O)C1c2ccsc2CCN1C(=O)CCc1ccccc1. The molecule has 1 aliphatic rings. The Bertz CT molecular complexity index is 695. The van der Waals surface area contributed by atoms with Crippen LogP contribution in [0.2, 0.25) is 0 Å². The van der Waals surface area contributed by atoms with Crippen LogP contribution < -0.4 is 0 Å². The van der Waals surface area contributed by atoms with Gasteiger partial charge in [0.15, 0.2) is 6.04 Å². The van der Waals surface area contributed by atoms with Gasteiger partial charge in [-0.15, -0.1) is 11.3 Å². The third-order valence-corrected chi connectivity index (χ3v) is 5.18. The van der Waals surface area contributed by atoms with Crippen LogP contribution in [-0.4, -0.2) is 30.4 Å². The second-order valence-electron chi connectivity index (χ2n) is 5.55. The molecule has 0 spiro atoms. The van der Waals surface area contributed by atoms with Crippen molar-refractivity contribution in [1.29, 1.82) is 0 Å². The molecule has 3 rings (SSSR count). The number of amides is 1. The molecule has 2 heterocycles. The number of hydrogen-bond donors (Lipinski definition) is 0. The zero-order valence-corrected chi connectivity index (χ0v) is 13.8. The van der Waals surface area contributed by atoms with Gasteiger partial charge in [0.05, 0.1) is 7.11 Å². The number of nitrogens with zero attached hydrogens (tertiary/aromatic N) is 1. The molecule has 23 heavy (non-hydrogen) atoms. The van der Waals surface area contributed by atoms with E-state index in [1.54, 1.807) is 16.2 Å². The maximum atomic E-state index is 12.7. The summed E-state index contributed by atoms with van der Waals surface area (Å²) in [6.45, 7) is 0.570. The molecule has 1 atom stereocenters. The molecule has 0 aliphatic carbocycles. The highest BCUT2D eigenvalue weighted by molar-refractivity contribution is 7.10. The summed E-state index contributed by atoms with van der Waals surface area (Å²) in [4.78, 5) is 27.7. The van der Waals surface area contributed by atoms with E-state index in [4.69, 9.17) is 4.74 Å². The zero-order valence-electron chi connectivity index (χ0n) is 13.0. The van der Waals surface area contributed by atoms with Crippen molar-refractivity contribution in [2.45, 2.75) is 25.3 Å². The molecule has 0 saturated carbocycles. The van der Waals surface area contributed by atoms with Crippen LogP contribution >= 0.6 is 11.3 Å². The molecule has 1 aromatic heterocycles. The number of esters is 1. The van der Waals surface area contributed by atoms with Crippen LogP contribution in [0, 0.1) is 0 Å². The van der Waals surface area contributed by atoms with Gasteiger partial charge in [-0.25, -0.2) is 4.79 Å². The van der Waals surface area contributed by atoms with Crippen LogP contribution in [-0.2, 0) is 27.2 Å². The van der Waals surface area contributed by atoms with Crippen LogP contribution in [0.3, 0.4) is 0 Å². The summed E-state index contributed by atoms with van der Waals surface area (Å²) in [6.07, 6.45) is 1.88. The number of ether oxygens (including phenoxy) is 1. The summed E-state index contributed by atoms with van der Waals surface area (Å²) in [7, 11) is 1.37. The lowest BCUT2D eigenvalue weighted by Gasteiger charge is -2.34. The average Bonchev–Trinajstić information content (AvgIpc) is 3.07. The number of benzene rings is 1. The molecule has 0 radical (unpaired) electrons. The molecule has 1 aliphatic heterocycles. The molecule has 5 heteroatoms. The van der Waals surface area contributed by atoms with Gasteiger partial charge in [-0.1, -0.05) is 30.3 Å². The molecule has 4 nitrogen and oxygen atoms in total. The van der Waals surface area contributed by atoms with Gasteiger partial charge < -0.3 is 9.64 Å². The summed E-state index contributed by atoms with van der Waals surface area (Å²) < 4.78 is 4.93. The summed E-state index contributed by atoms with van der Waals surface area (Å²) in [5, 5.41) is 1.97. The second kappa shape index (κ2) is 6.96. The number of hydrogen-bond acceptors (Lipinski definition) is 4. The number of thiophene rings is 1. The zero-order chi connectivity index (χ0) is 16.2. The van der Waals surface area contributed by atoms with E-state index < -0.39 is 6.04 Å². The van der Waals surface area contributed by atoms with Crippen molar-refractivity contribution in [3.63, 3.8) is 0 Å². The molecule has 1 amide bonds. The fraction of sp³-hybridized carbons (Fsp3) is 0.333. The van der Waals surface area contributed by atoms with Crippen molar-refractivity contribution in [3.05, 3.63) is 57.8 Å². The third-order valence-electron chi connectivity index (χ3n) is 4.18. The number of methoxy groups -OCH3 is 1. The van der Waals surface area contributed by atoms with Gasteiger partial charge in [-0.3, -0.25) is 4.79 Å². The Morgan fingerprint density at radius 3 is 2.78 bits per heavy atom. The van der Waals surface area contributed by atoms with E-state index in [0.29, 0.717) is 19.4 Å². The van der Waals surface area contributed by atoms with Crippen molar-refractivity contribution >= 4 is 23.2 Å². The van der Waals surface area contributed by atoms with Crippen molar-refractivity contribution < 1.29 is 14.3 Å². The van der Waals surface area contributed by atoms with Crippen molar-refractivity contribution in [2.24, 2.45) is 0 Å². The first-order chi connectivity index (χ1) is 11.2. The first-order valence-corrected chi connectivity index (χ1v) is 8.56. The van der Waals surface area contributed by atoms with Gasteiger partial charge >= 0.3 is 5.97 Å². The number of aryl methyl sites for hydroxylation is 1. The first-order valence-electron chi connectivity index (χ1n) is 7.68. The van der Waals surface area contributed by atoms with E-state index in [2.05, 4.69) is 0 Å². The number of carbonyl (C=O) groups is 2. The Kier molecular flexibility index (Phi) is 4.76. The van der Waals surface area contributed by atoms with E-state index in [1.807, 2.05) is 41.8 Å². The number of rotatable bonds is 4. The standard InChI is InChI=1S/C18H19NO3S/c1-22-18(21)17-14-10-12-23-15(14)9-11-19(17)16(20)8-7-13-5-3-2-4-6-13/h2-6,10,12,17H,7-9,11H2,1H3. The molecule has 1 aromatic carbocycles. The van der Waals surface area contributed by atoms with Crippen LogP contribution in [0.15, 0.2) is 41.8 Å². The molecule has 0 N–H and O–H groups in total. The monoisotopic (exact) mass is 329 g/mol. The lowest BCUT2D eigenvalue weighted by atomic mass is 9.99. The molecular weight excluding hydrogens is 310 g/mol. The smallest absolute Gasteiger partial charge is 0.333 e. The van der Waals surface area contributed by atoms with E-state index in [-0.39, 0.29) is 11.9 Å². The topological polar surface area (TPSA) is 46.6 Å². The Labute approximate surface area is 139 Å². The van der Waals surface area contributed by atoms with Crippen molar-refractivity contribution in [2.75, 3.05) is 13.7 Å². The van der Waals surface area contributed by atoms with Crippen LogP contribution in [0.25, 0.3) is 0 Å². The average molecular weight is 329 g/mol. The third kappa shape index (κ3) is 3.29. The lowest BCUT2D eigenvalue weighted by Crippen LogP contribution is -2.43. The second-order valence-corrected chi connectivity index (χ2v) is 6.55. The van der Waals surface area contributed by atoms with Gasteiger partial charge in [-0.05, 0) is 35.4 Å². The van der Waals surface area contributed by atoms with Crippen molar-refractivity contribution in [3.8, 4) is 0 Å². The Balaban J connectivity index is 1.75. The maximum Gasteiger partial charge on any atom is 0.333 e. The molecular formula is C18H19NO3S. The summed E-state index contributed by atoms with van der Waals surface area (Å²) in [5.74, 6) is -0.362. The van der Waals surface area contributed by atoms with Gasteiger partial charge in [0.1, 0.15) is 0 Å². The Hall–Kier alpha value is -2.14. The summed E-state index contributed by atoms with van der Waals surface area (Å²) in [5.41, 5.74) is 2.05. The molecule has 0 saturated heterocycles. The fourth-order valence-corrected chi connectivity index (χ4v) is 3.89. The largest absolute Gasteiger partial charge is 0.467 e. The summed E-state index contributed by atoms with van der Waals surface area (Å²) >= 11 is 1.64. The molecule has 1 unspecified atom stereocenters. The molecule has 120 valence electrons. The van der Waals surface area contributed by atoms with Gasteiger partial charge in [-0.2, -0.15) is 0 Å². The van der Waals surface area contributed by atoms with Crippen molar-refractivity contribution in [1.82, 2.24) is 4.90 Å². The quantitative estimate of drug-likeness (QED) is 0.810. The highest BCUT2D eigenvalue weighted by atomic mass is 32.1. The highest BCUT2D eigenvalue weighted by Crippen LogP contribution is 2.34. The van der Waals surface area contributed by atoms with Gasteiger partial charge in [0.25, 0.3) is 0 Å². The minimum absolute atomic E-state index is 0.00102. The first kappa shape index (κ1) is 15.7. The normalized spacial score (nSPS) is 16.7. The van der Waals surface area contributed by atoms with E-state index in [0.717, 1.165) is 17.5 Å². The minimum Gasteiger partial charge on any atom is -0.467 e. The lowest BCUT2D eigenvalue weighted by molar-refractivity contribution is -0.153. The van der Waals surface area contributed by atoms with E-state index in [9.17, 15) is 9.59 Å². The predicted molar refractivity (Wildman–Crippen MR) is 89.3 cm³/mol. The van der Waals surface area contributed by atoms with Gasteiger partial charge in [0, 0.05) is 17.8 Å².